The number of carbonyl (C=O) groups is 1. The lowest BCUT2D eigenvalue weighted by Crippen LogP contribution is -2.17. The number of benzene rings is 2. The smallest absolute Gasteiger partial charge is 0.214 e. The molecule has 0 saturated heterocycles. The highest BCUT2D eigenvalue weighted by Crippen LogP contribution is 2.34. The molecule has 0 atom stereocenters. The molecule has 3 rings (SSSR count). The molecule has 1 heterocycles. The maximum Gasteiger partial charge on any atom is 0.214 e. The Morgan fingerprint density at radius 3 is 2.87 bits per heavy atom. The summed E-state index contributed by atoms with van der Waals surface area (Å²) in [7, 11) is 0. The zero-order valence-electron chi connectivity index (χ0n) is 8.31. The second kappa shape index (κ2) is 3.09. The van der Waals surface area contributed by atoms with Crippen LogP contribution in [0.15, 0.2) is 36.4 Å². The minimum Gasteiger partial charge on any atom is -0.314 e. The summed E-state index contributed by atoms with van der Waals surface area (Å²) in [6.45, 7) is 0.812. The zero-order chi connectivity index (χ0) is 10.3. The van der Waals surface area contributed by atoms with Gasteiger partial charge in [-0.3, -0.25) is 4.79 Å². The van der Waals surface area contributed by atoms with Crippen molar-refractivity contribution in [1.82, 2.24) is 0 Å². The summed E-state index contributed by atoms with van der Waals surface area (Å²) in [6.07, 6.45) is 1.90. The predicted molar refractivity (Wildman–Crippen MR) is 61.1 cm³/mol. The van der Waals surface area contributed by atoms with Crippen LogP contribution in [0.1, 0.15) is 5.56 Å². The molecule has 0 aromatic heterocycles. The summed E-state index contributed by atoms with van der Waals surface area (Å²) in [5.41, 5.74) is 2.38. The summed E-state index contributed by atoms with van der Waals surface area (Å²) in [4.78, 5) is 12.7. The van der Waals surface area contributed by atoms with Crippen molar-refractivity contribution in [1.29, 1.82) is 0 Å². The SMILES string of the molecule is O=CN1CCc2ccc3ccccc3c21. The molecule has 2 aromatic rings. The molecule has 1 amide bonds. The third-order valence-electron chi connectivity index (χ3n) is 3.02. The molecule has 0 unspecified atom stereocenters. The average Bonchev–Trinajstić information content (AvgIpc) is 2.72. The van der Waals surface area contributed by atoms with Gasteiger partial charge in [0, 0.05) is 11.9 Å². The van der Waals surface area contributed by atoms with Crippen molar-refractivity contribution in [3.05, 3.63) is 42.0 Å². The van der Waals surface area contributed by atoms with Crippen molar-refractivity contribution in [2.45, 2.75) is 6.42 Å². The summed E-state index contributed by atoms with van der Waals surface area (Å²) >= 11 is 0. The lowest BCUT2D eigenvalue weighted by atomic mass is 10.0. The first-order valence-electron chi connectivity index (χ1n) is 5.13. The van der Waals surface area contributed by atoms with Crippen LogP contribution in [0.4, 0.5) is 5.69 Å². The number of fused-ring (bicyclic) bond motifs is 3. The van der Waals surface area contributed by atoms with E-state index in [0.29, 0.717) is 0 Å². The van der Waals surface area contributed by atoms with Gasteiger partial charge in [-0.05, 0) is 17.4 Å². The fraction of sp³-hybridized carbons (Fsp3) is 0.154. The molecule has 2 aromatic carbocycles. The Bertz CT molecular complexity index is 533. The molecule has 1 aliphatic heterocycles. The third kappa shape index (κ3) is 1.14. The maximum atomic E-state index is 10.9. The van der Waals surface area contributed by atoms with Gasteiger partial charge in [0.25, 0.3) is 0 Å². The Morgan fingerprint density at radius 1 is 1.13 bits per heavy atom. The molecule has 2 nitrogen and oxygen atoms in total. The van der Waals surface area contributed by atoms with E-state index in [0.717, 1.165) is 25.1 Å². The molecular weight excluding hydrogens is 186 g/mol. The van der Waals surface area contributed by atoms with Gasteiger partial charge in [-0.15, -0.1) is 0 Å². The highest BCUT2D eigenvalue weighted by Gasteiger charge is 2.20. The van der Waals surface area contributed by atoms with Crippen LogP contribution in [-0.4, -0.2) is 13.0 Å². The minimum absolute atomic E-state index is 0.812. The molecular formula is C13H11NO. The van der Waals surface area contributed by atoms with Crippen molar-refractivity contribution >= 4 is 22.9 Å². The maximum absolute atomic E-state index is 10.9. The minimum atomic E-state index is 0.812. The van der Waals surface area contributed by atoms with Gasteiger partial charge < -0.3 is 4.90 Å². The number of anilines is 1. The van der Waals surface area contributed by atoms with Crippen molar-refractivity contribution in [2.75, 3.05) is 11.4 Å². The van der Waals surface area contributed by atoms with E-state index in [-0.39, 0.29) is 0 Å². The summed E-state index contributed by atoms with van der Waals surface area (Å²) < 4.78 is 0. The van der Waals surface area contributed by atoms with Crippen LogP contribution in [0.2, 0.25) is 0 Å². The van der Waals surface area contributed by atoms with Crippen LogP contribution in [0, 0.1) is 0 Å². The molecule has 0 spiro atoms. The van der Waals surface area contributed by atoms with Crippen molar-refractivity contribution < 1.29 is 4.79 Å². The van der Waals surface area contributed by atoms with Crippen LogP contribution in [0.5, 0.6) is 0 Å². The van der Waals surface area contributed by atoms with E-state index in [1.807, 2.05) is 12.1 Å². The van der Waals surface area contributed by atoms with Crippen LogP contribution in [-0.2, 0) is 11.2 Å². The molecule has 2 heteroatoms. The first-order chi connectivity index (χ1) is 7.40. The molecule has 0 radical (unpaired) electrons. The van der Waals surface area contributed by atoms with E-state index in [1.54, 1.807) is 4.90 Å². The van der Waals surface area contributed by atoms with E-state index in [4.69, 9.17) is 0 Å². The second-order valence-corrected chi connectivity index (χ2v) is 3.84. The lowest BCUT2D eigenvalue weighted by molar-refractivity contribution is -0.107. The number of hydrogen-bond donors (Lipinski definition) is 0. The van der Waals surface area contributed by atoms with Gasteiger partial charge in [0.05, 0.1) is 5.69 Å². The normalized spacial score (nSPS) is 14.3. The van der Waals surface area contributed by atoms with E-state index >= 15 is 0 Å². The van der Waals surface area contributed by atoms with Gasteiger partial charge in [-0.1, -0.05) is 36.4 Å². The quantitative estimate of drug-likeness (QED) is 0.643. The largest absolute Gasteiger partial charge is 0.314 e. The standard InChI is InChI=1S/C13H11NO/c15-9-14-8-7-11-6-5-10-3-1-2-4-12(10)13(11)14/h1-6,9H,7-8H2. The topological polar surface area (TPSA) is 20.3 Å². The number of nitrogens with zero attached hydrogens (tertiary/aromatic N) is 1. The molecule has 1 aliphatic rings. The Balaban J connectivity index is 2.37. The van der Waals surface area contributed by atoms with E-state index < -0.39 is 0 Å². The van der Waals surface area contributed by atoms with Crippen LogP contribution < -0.4 is 4.90 Å². The van der Waals surface area contributed by atoms with Gasteiger partial charge in [0.15, 0.2) is 0 Å². The molecule has 15 heavy (non-hydrogen) atoms. The van der Waals surface area contributed by atoms with E-state index in [1.165, 1.54) is 16.3 Å². The van der Waals surface area contributed by atoms with Crippen molar-refractivity contribution in [3.8, 4) is 0 Å². The van der Waals surface area contributed by atoms with Gasteiger partial charge in [-0.25, -0.2) is 0 Å². The number of amides is 1. The lowest BCUT2D eigenvalue weighted by Gasteiger charge is -2.12. The number of hydrogen-bond acceptors (Lipinski definition) is 1. The summed E-state index contributed by atoms with van der Waals surface area (Å²) in [5.74, 6) is 0. The van der Waals surface area contributed by atoms with Gasteiger partial charge in [0.2, 0.25) is 6.41 Å². The first-order valence-corrected chi connectivity index (χ1v) is 5.13. The van der Waals surface area contributed by atoms with Crippen LogP contribution in [0.3, 0.4) is 0 Å². The van der Waals surface area contributed by atoms with Crippen molar-refractivity contribution in [3.63, 3.8) is 0 Å². The zero-order valence-corrected chi connectivity index (χ0v) is 8.31. The van der Waals surface area contributed by atoms with Gasteiger partial charge in [-0.2, -0.15) is 0 Å². The first kappa shape index (κ1) is 8.48. The number of rotatable bonds is 1. The molecule has 74 valence electrons. The third-order valence-corrected chi connectivity index (χ3v) is 3.02. The highest BCUT2D eigenvalue weighted by molar-refractivity contribution is 6.01. The van der Waals surface area contributed by atoms with Gasteiger partial charge in [0.1, 0.15) is 0 Å². The molecule has 0 N–H and O–H groups in total. The van der Waals surface area contributed by atoms with Crippen LogP contribution in [0.25, 0.3) is 10.8 Å². The summed E-state index contributed by atoms with van der Waals surface area (Å²) in [5, 5.41) is 2.38. The molecule has 0 bridgehead atoms. The highest BCUT2D eigenvalue weighted by atomic mass is 16.1. The second-order valence-electron chi connectivity index (χ2n) is 3.84. The monoisotopic (exact) mass is 197 g/mol. The Kier molecular flexibility index (Phi) is 1.75. The Morgan fingerprint density at radius 2 is 2.00 bits per heavy atom. The van der Waals surface area contributed by atoms with Gasteiger partial charge >= 0.3 is 0 Å². The molecule has 0 aliphatic carbocycles. The Hall–Kier alpha value is -1.83. The van der Waals surface area contributed by atoms with Crippen LogP contribution >= 0.6 is 0 Å². The molecule has 0 fully saturated rings. The predicted octanol–water partition coefficient (Wildman–Crippen LogP) is 2.36. The average molecular weight is 197 g/mol. The fourth-order valence-corrected chi connectivity index (χ4v) is 2.30. The Labute approximate surface area is 88.1 Å². The fourth-order valence-electron chi connectivity index (χ4n) is 2.30. The molecule has 0 saturated carbocycles. The summed E-state index contributed by atoms with van der Waals surface area (Å²) in [6, 6.07) is 12.5. The number of carbonyl (C=O) groups excluding carboxylic acids is 1. The van der Waals surface area contributed by atoms with E-state index in [2.05, 4.69) is 24.3 Å². The van der Waals surface area contributed by atoms with E-state index in [9.17, 15) is 4.79 Å². The van der Waals surface area contributed by atoms with Crippen molar-refractivity contribution in [2.24, 2.45) is 0 Å².